The minimum absolute atomic E-state index is 0.324. The molecule has 2 unspecified atom stereocenters. The highest BCUT2D eigenvalue weighted by Crippen LogP contribution is 2.31. The summed E-state index contributed by atoms with van der Waals surface area (Å²) in [6.07, 6.45) is 8.23. The molecular weight excluding hydrogens is 200 g/mol. The summed E-state index contributed by atoms with van der Waals surface area (Å²) in [5.74, 6) is 1.92. The van der Waals surface area contributed by atoms with E-state index in [1.54, 1.807) is 6.20 Å². The van der Waals surface area contributed by atoms with Crippen molar-refractivity contribution >= 4 is 5.82 Å². The van der Waals surface area contributed by atoms with E-state index in [9.17, 15) is 0 Å². The van der Waals surface area contributed by atoms with Crippen LogP contribution in [0.15, 0.2) is 18.3 Å². The van der Waals surface area contributed by atoms with Crippen LogP contribution >= 0.6 is 0 Å². The lowest BCUT2D eigenvalue weighted by Gasteiger charge is -2.31. The van der Waals surface area contributed by atoms with Crippen LogP contribution in [0.25, 0.3) is 0 Å². The highest BCUT2D eigenvalue weighted by atomic mass is 16.5. The Morgan fingerprint density at radius 2 is 2.25 bits per heavy atom. The monoisotopic (exact) mass is 220 g/mol. The number of pyridine rings is 1. The molecule has 2 N–H and O–H groups in total. The molecule has 1 fully saturated rings. The van der Waals surface area contributed by atoms with Gasteiger partial charge in [-0.2, -0.15) is 0 Å². The van der Waals surface area contributed by atoms with E-state index < -0.39 is 0 Å². The summed E-state index contributed by atoms with van der Waals surface area (Å²) in [5.41, 5.74) is 5.79. The molecule has 0 radical (unpaired) electrons. The molecule has 88 valence electrons. The van der Waals surface area contributed by atoms with Crippen molar-refractivity contribution in [2.45, 2.75) is 45.1 Å². The van der Waals surface area contributed by atoms with Crippen LogP contribution in [0.3, 0.4) is 0 Å². The molecule has 0 spiro atoms. The van der Waals surface area contributed by atoms with Gasteiger partial charge in [0.25, 0.3) is 0 Å². The van der Waals surface area contributed by atoms with Crippen molar-refractivity contribution in [2.75, 3.05) is 5.73 Å². The molecule has 1 aromatic rings. The normalized spacial score (nSPS) is 25.3. The van der Waals surface area contributed by atoms with E-state index in [1.807, 2.05) is 12.1 Å². The van der Waals surface area contributed by atoms with Gasteiger partial charge in [0.2, 0.25) is 0 Å². The van der Waals surface area contributed by atoms with E-state index >= 15 is 0 Å². The molecule has 1 aliphatic carbocycles. The van der Waals surface area contributed by atoms with Crippen LogP contribution in [-0.4, -0.2) is 11.1 Å². The third-order valence-corrected chi connectivity index (χ3v) is 3.44. The van der Waals surface area contributed by atoms with Crippen LogP contribution in [0.4, 0.5) is 5.82 Å². The van der Waals surface area contributed by atoms with Gasteiger partial charge in [-0.05, 0) is 43.7 Å². The van der Waals surface area contributed by atoms with Gasteiger partial charge in [0.05, 0.1) is 0 Å². The third-order valence-electron chi connectivity index (χ3n) is 3.44. The number of rotatable bonds is 3. The van der Waals surface area contributed by atoms with Crippen LogP contribution in [0.5, 0.6) is 5.75 Å². The second-order valence-corrected chi connectivity index (χ2v) is 4.50. The van der Waals surface area contributed by atoms with E-state index in [2.05, 4.69) is 11.9 Å². The number of nitrogens with two attached hydrogens (primary N) is 1. The number of nitrogens with zero attached hydrogens (tertiary/aromatic N) is 1. The summed E-state index contributed by atoms with van der Waals surface area (Å²) in [5, 5.41) is 0. The average Bonchev–Trinajstić information content (AvgIpc) is 2.33. The molecule has 0 aromatic carbocycles. The zero-order chi connectivity index (χ0) is 11.4. The Morgan fingerprint density at radius 3 is 3.00 bits per heavy atom. The molecule has 1 aromatic heterocycles. The largest absolute Gasteiger partial charge is 0.486 e. The first-order valence-electron chi connectivity index (χ1n) is 6.18. The molecule has 3 nitrogen and oxygen atoms in total. The maximum Gasteiger partial charge on any atom is 0.166 e. The van der Waals surface area contributed by atoms with Crippen LogP contribution in [0.2, 0.25) is 0 Å². The van der Waals surface area contributed by atoms with Gasteiger partial charge in [0.1, 0.15) is 6.10 Å². The standard InChI is InChI=1S/C13H20N2O/c1-2-10-6-3-4-7-11(10)16-12-8-5-9-15-13(12)14/h5,8-11H,2-4,6-7H2,1H3,(H2,14,15). The zero-order valence-corrected chi connectivity index (χ0v) is 9.86. The molecule has 0 amide bonds. The second-order valence-electron chi connectivity index (χ2n) is 4.50. The molecule has 1 saturated carbocycles. The van der Waals surface area contributed by atoms with E-state index in [0.29, 0.717) is 17.8 Å². The molecule has 1 heterocycles. The third kappa shape index (κ3) is 2.46. The van der Waals surface area contributed by atoms with Gasteiger partial charge < -0.3 is 10.5 Å². The number of hydrogen-bond acceptors (Lipinski definition) is 3. The van der Waals surface area contributed by atoms with Crippen LogP contribution in [0, 0.1) is 5.92 Å². The molecule has 3 heteroatoms. The van der Waals surface area contributed by atoms with Crippen molar-refractivity contribution in [1.82, 2.24) is 4.98 Å². The first-order valence-corrected chi connectivity index (χ1v) is 6.18. The molecule has 0 bridgehead atoms. The molecule has 2 rings (SSSR count). The smallest absolute Gasteiger partial charge is 0.166 e. The second kappa shape index (κ2) is 5.19. The molecular formula is C13H20N2O. The van der Waals surface area contributed by atoms with Crippen molar-refractivity contribution < 1.29 is 4.74 Å². The molecule has 0 aliphatic heterocycles. The number of anilines is 1. The van der Waals surface area contributed by atoms with Crippen molar-refractivity contribution in [3.05, 3.63) is 18.3 Å². The Morgan fingerprint density at radius 1 is 1.44 bits per heavy atom. The predicted octanol–water partition coefficient (Wildman–Crippen LogP) is 3.01. The van der Waals surface area contributed by atoms with Crippen molar-refractivity contribution in [3.63, 3.8) is 0 Å². The SMILES string of the molecule is CCC1CCCCC1Oc1cccnc1N. The fraction of sp³-hybridized carbons (Fsp3) is 0.615. The lowest BCUT2D eigenvalue weighted by molar-refractivity contribution is 0.0908. The minimum atomic E-state index is 0.324. The Kier molecular flexibility index (Phi) is 3.65. The summed E-state index contributed by atoms with van der Waals surface area (Å²) < 4.78 is 6.00. The predicted molar refractivity (Wildman–Crippen MR) is 65.3 cm³/mol. The highest BCUT2D eigenvalue weighted by Gasteiger charge is 2.25. The Bertz CT molecular complexity index is 340. The lowest BCUT2D eigenvalue weighted by atomic mass is 9.85. The first kappa shape index (κ1) is 11.2. The Balaban J connectivity index is 2.05. The maximum absolute atomic E-state index is 6.00. The quantitative estimate of drug-likeness (QED) is 0.851. The van der Waals surface area contributed by atoms with Crippen LogP contribution in [-0.2, 0) is 0 Å². The minimum Gasteiger partial charge on any atom is -0.486 e. The molecule has 0 saturated heterocycles. The van der Waals surface area contributed by atoms with Crippen molar-refractivity contribution in [3.8, 4) is 5.75 Å². The summed E-state index contributed by atoms with van der Waals surface area (Å²) in [4.78, 5) is 4.05. The number of ether oxygens (including phenoxy) is 1. The van der Waals surface area contributed by atoms with Crippen molar-refractivity contribution in [1.29, 1.82) is 0 Å². The number of hydrogen-bond donors (Lipinski definition) is 1. The Labute approximate surface area is 97.0 Å². The molecule has 1 aliphatic rings. The van der Waals surface area contributed by atoms with Crippen LogP contribution in [0.1, 0.15) is 39.0 Å². The fourth-order valence-electron chi connectivity index (χ4n) is 2.46. The topological polar surface area (TPSA) is 48.1 Å². The fourth-order valence-corrected chi connectivity index (χ4v) is 2.46. The van der Waals surface area contributed by atoms with Crippen LogP contribution < -0.4 is 10.5 Å². The van der Waals surface area contributed by atoms with E-state index in [4.69, 9.17) is 10.5 Å². The van der Waals surface area contributed by atoms with Gasteiger partial charge in [0.15, 0.2) is 11.6 Å². The molecule has 16 heavy (non-hydrogen) atoms. The van der Waals surface area contributed by atoms with Gasteiger partial charge in [-0.25, -0.2) is 4.98 Å². The van der Waals surface area contributed by atoms with Crippen molar-refractivity contribution in [2.24, 2.45) is 5.92 Å². The number of aromatic nitrogens is 1. The van der Waals surface area contributed by atoms with E-state index in [1.165, 1.54) is 25.7 Å². The lowest BCUT2D eigenvalue weighted by Crippen LogP contribution is -2.30. The van der Waals surface area contributed by atoms with E-state index in [-0.39, 0.29) is 0 Å². The van der Waals surface area contributed by atoms with Gasteiger partial charge in [-0.15, -0.1) is 0 Å². The van der Waals surface area contributed by atoms with Gasteiger partial charge in [0, 0.05) is 6.20 Å². The Hall–Kier alpha value is -1.25. The maximum atomic E-state index is 6.00. The average molecular weight is 220 g/mol. The summed E-state index contributed by atoms with van der Waals surface area (Å²) in [7, 11) is 0. The summed E-state index contributed by atoms with van der Waals surface area (Å²) in [6, 6.07) is 3.78. The van der Waals surface area contributed by atoms with Gasteiger partial charge in [-0.3, -0.25) is 0 Å². The zero-order valence-electron chi connectivity index (χ0n) is 9.86. The van der Waals surface area contributed by atoms with E-state index in [0.717, 1.165) is 12.2 Å². The highest BCUT2D eigenvalue weighted by molar-refractivity contribution is 5.44. The first-order chi connectivity index (χ1) is 7.81. The summed E-state index contributed by atoms with van der Waals surface area (Å²) in [6.45, 7) is 2.24. The number of nitrogen functional groups attached to an aromatic ring is 1. The molecule has 2 atom stereocenters. The van der Waals surface area contributed by atoms with Gasteiger partial charge in [-0.1, -0.05) is 13.3 Å². The van der Waals surface area contributed by atoms with Gasteiger partial charge >= 0.3 is 0 Å². The summed E-state index contributed by atoms with van der Waals surface area (Å²) >= 11 is 0.